The van der Waals surface area contributed by atoms with Crippen LogP contribution in [0.15, 0.2) is 22.7 Å². The van der Waals surface area contributed by atoms with Gasteiger partial charge in [0.2, 0.25) is 0 Å². The number of amides is 1. The minimum atomic E-state index is -4.41. The molecule has 0 saturated carbocycles. The molecule has 0 fully saturated rings. The van der Waals surface area contributed by atoms with Crippen molar-refractivity contribution in [3.63, 3.8) is 0 Å². The third-order valence-electron chi connectivity index (χ3n) is 2.40. The van der Waals surface area contributed by atoms with E-state index in [9.17, 15) is 18.0 Å². The SMILES string of the molecule is CCCN(CC(F)(F)F)C(=O)c1ccc(N)c(Br)c1. The quantitative estimate of drug-likeness (QED) is 0.854. The van der Waals surface area contributed by atoms with Gasteiger partial charge in [0.25, 0.3) is 5.91 Å². The van der Waals surface area contributed by atoms with E-state index in [2.05, 4.69) is 15.9 Å². The van der Waals surface area contributed by atoms with Crippen molar-refractivity contribution < 1.29 is 18.0 Å². The number of halogens is 4. The van der Waals surface area contributed by atoms with Crippen molar-refractivity contribution in [2.75, 3.05) is 18.8 Å². The summed E-state index contributed by atoms with van der Waals surface area (Å²) in [5, 5.41) is 0. The lowest BCUT2D eigenvalue weighted by molar-refractivity contribution is -0.140. The molecular formula is C12H14BrF3N2O. The Bertz CT molecular complexity index is 463. The molecule has 0 radical (unpaired) electrons. The Balaban J connectivity index is 2.95. The van der Waals surface area contributed by atoms with E-state index in [1.807, 2.05) is 0 Å². The van der Waals surface area contributed by atoms with Gasteiger partial charge >= 0.3 is 6.18 Å². The van der Waals surface area contributed by atoms with E-state index in [0.29, 0.717) is 16.6 Å². The first-order valence-corrected chi connectivity index (χ1v) is 6.45. The summed E-state index contributed by atoms with van der Waals surface area (Å²) in [6, 6.07) is 4.33. The largest absolute Gasteiger partial charge is 0.406 e. The van der Waals surface area contributed by atoms with Gasteiger partial charge < -0.3 is 10.6 Å². The summed E-state index contributed by atoms with van der Waals surface area (Å²) in [6.07, 6.45) is -3.95. The van der Waals surface area contributed by atoms with Crippen molar-refractivity contribution in [3.05, 3.63) is 28.2 Å². The number of hydrogen-bond acceptors (Lipinski definition) is 2. The number of nitrogens with two attached hydrogens (primary N) is 1. The predicted molar refractivity (Wildman–Crippen MR) is 70.8 cm³/mol. The Morgan fingerprint density at radius 3 is 2.53 bits per heavy atom. The van der Waals surface area contributed by atoms with Crippen molar-refractivity contribution in [1.29, 1.82) is 0 Å². The number of hydrogen-bond donors (Lipinski definition) is 1. The van der Waals surface area contributed by atoms with Gasteiger partial charge in [-0.3, -0.25) is 4.79 Å². The van der Waals surface area contributed by atoms with E-state index in [0.717, 1.165) is 4.90 Å². The molecule has 0 spiro atoms. The normalized spacial score (nSPS) is 11.4. The number of carbonyl (C=O) groups is 1. The molecule has 7 heteroatoms. The Morgan fingerprint density at radius 2 is 2.05 bits per heavy atom. The van der Waals surface area contributed by atoms with Crippen LogP contribution in [-0.4, -0.2) is 30.1 Å². The summed E-state index contributed by atoms with van der Waals surface area (Å²) in [5.41, 5.74) is 6.18. The van der Waals surface area contributed by atoms with Crippen LogP contribution in [0, 0.1) is 0 Å². The second-order valence-corrected chi connectivity index (χ2v) is 4.93. The van der Waals surface area contributed by atoms with Gasteiger partial charge in [0.1, 0.15) is 6.54 Å². The summed E-state index contributed by atoms with van der Waals surface area (Å²) >= 11 is 3.15. The lowest BCUT2D eigenvalue weighted by Crippen LogP contribution is -2.39. The van der Waals surface area contributed by atoms with Gasteiger partial charge in [-0.2, -0.15) is 13.2 Å². The minimum Gasteiger partial charge on any atom is -0.398 e. The van der Waals surface area contributed by atoms with Crippen LogP contribution in [0.25, 0.3) is 0 Å². The van der Waals surface area contributed by atoms with Crippen LogP contribution >= 0.6 is 15.9 Å². The second kappa shape index (κ2) is 6.27. The highest BCUT2D eigenvalue weighted by molar-refractivity contribution is 9.10. The molecule has 19 heavy (non-hydrogen) atoms. The molecule has 0 aromatic heterocycles. The number of nitrogen functional groups attached to an aromatic ring is 1. The van der Waals surface area contributed by atoms with Crippen LogP contribution in [0.4, 0.5) is 18.9 Å². The maximum atomic E-state index is 12.4. The van der Waals surface area contributed by atoms with E-state index in [1.165, 1.54) is 18.2 Å². The van der Waals surface area contributed by atoms with E-state index in [-0.39, 0.29) is 12.1 Å². The molecule has 0 aliphatic rings. The fraction of sp³-hybridized carbons (Fsp3) is 0.417. The summed E-state index contributed by atoms with van der Waals surface area (Å²) in [7, 11) is 0. The number of anilines is 1. The molecule has 106 valence electrons. The van der Waals surface area contributed by atoms with Crippen LogP contribution in [-0.2, 0) is 0 Å². The molecule has 2 N–H and O–H groups in total. The van der Waals surface area contributed by atoms with Crippen molar-refractivity contribution in [3.8, 4) is 0 Å². The number of alkyl halides is 3. The Kier molecular flexibility index (Phi) is 5.22. The Morgan fingerprint density at radius 1 is 1.42 bits per heavy atom. The molecule has 0 heterocycles. The average Bonchev–Trinajstić information content (AvgIpc) is 2.29. The fourth-order valence-electron chi connectivity index (χ4n) is 1.58. The van der Waals surface area contributed by atoms with Crippen molar-refractivity contribution in [2.24, 2.45) is 0 Å². The van der Waals surface area contributed by atoms with E-state index in [1.54, 1.807) is 6.92 Å². The van der Waals surface area contributed by atoms with E-state index < -0.39 is 18.6 Å². The maximum Gasteiger partial charge on any atom is 0.406 e. The molecule has 1 aromatic carbocycles. The molecule has 0 aliphatic carbocycles. The van der Waals surface area contributed by atoms with Gasteiger partial charge in [-0.05, 0) is 40.5 Å². The summed E-state index contributed by atoms with van der Waals surface area (Å²) < 4.78 is 37.8. The molecule has 1 rings (SSSR count). The Hall–Kier alpha value is -1.24. The predicted octanol–water partition coefficient (Wildman–Crippen LogP) is 3.45. The van der Waals surface area contributed by atoms with Gasteiger partial charge in [-0.25, -0.2) is 0 Å². The molecule has 0 saturated heterocycles. The lowest BCUT2D eigenvalue weighted by atomic mass is 10.1. The van der Waals surface area contributed by atoms with Crippen molar-refractivity contribution in [1.82, 2.24) is 4.90 Å². The van der Waals surface area contributed by atoms with Crippen LogP contribution in [0.5, 0.6) is 0 Å². The summed E-state index contributed by atoms with van der Waals surface area (Å²) in [6.45, 7) is 0.525. The zero-order valence-electron chi connectivity index (χ0n) is 10.3. The smallest absolute Gasteiger partial charge is 0.398 e. The van der Waals surface area contributed by atoms with Crippen LogP contribution in [0.3, 0.4) is 0 Å². The monoisotopic (exact) mass is 338 g/mol. The lowest BCUT2D eigenvalue weighted by Gasteiger charge is -2.23. The highest BCUT2D eigenvalue weighted by Gasteiger charge is 2.33. The maximum absolute atomic E-state index is 12.4. The van der Waals surface area contributed by atoms with Gasteiger partial charge in [-0.15, -0.1) is 0 Å². The average molecular weight is 339 g/mol. The molecule has 3 nitrogen and oxygen atoms in total. The third-order valence-corrected chi connectivity index (χ3v) is 3.09. The first kappa shape index (κ1) is 15.8. The molecule has 0 atom stereocenters. The van der Waals surface area contributed by atoms with Crippen molar-refractivity contribution in [2.45, 2.75) is 19.5 Å². The van der Waals surface area contributed by atoms with E-state index >= 15 is 0 Å². The summed E-state index contributed by atoms with van der Waals surface area (Å²) in [4.78, 5) is 12.8. The fourth-order valence-corrected chi connectivity index (χ4v) is 1.96. The van der Waals surface area contributed by atoms with Crippen LogP contribution in [0.1, 0.15) is 23.7 Å². The highest BCUT2D eigenvalue weighted by atomic mass is 79.9. The second-order valence-electron chi connectivity index (χ2n) is 4.08. The van der Waals surface area contributed by atoms with Gasteiger partial charge in [0, 0.05) is 22.3 Å². The van der Waals surface area contributed by atoms with Gasteiger partial charge in [-0.1, -0.05) is 6.92 Å². The molecule has 1 amide bonds. The first-order chi connectivity index (χ1) is 8.74. The zero-order chi connectivity index (χ0) is 14.6. The topological polar surface area (TPSA) is 46.3 Å². The molecular weight excluding hydrogens is 325 g/mol. The van der Waals surface area contributed by atoms with Crippen LogP contribution < -0.4 is 5.73 Å². The molecule has 0 bridgehead atoms. The van der Waals surface area contributed by atoms with Crippen LogP contribution in [0.2, 0.25) is 0 Å². The summed E-state index contributed by atoms with van der Waals surface area (Å²) in [5.74, 6) is -0.653. The van der Waals surface area contributed by atoms with Crippen molar-refractivity contribution >= 4 is 27.5 Å². The van der Waals surface area contributed by atoms with Gasteiger partial charge in [0.05, 0.1) is 0 Å². The number of carbonyl (C=O) groups excluding carboxylic acids is 1. The van der Waals surface area contributed by atoms with E-state index in [4.69, 9.17) is 5.73 Å². The number of benzene rings is 1. The van der Waals surface area contributed by atoms with Gasteiger partial charge in [0.15, 0.2) is 0 Å². The first-order valence-electron chi connectivity index (χ1n) is 5.65. The molecule has 0 aliphatic heterocycles. The third kappa shape index (κ3) is 4.74. The number of rotatable bonds is 4. The number of nitrogens with zero attached hydrogens (tertiary/aromatic N) is 1. The minimum absolute atomic E-state index is 0.0559. The standard InChI is InChI=1S/C12H14BrF3N2O/c1-2-5-18(7-12(14,15)16)11(19)8-3-4-10(17)9(13)6-8/h3-4,6H,2,5,7,17H2,1H3. The zero-order valence-corrected chi connectivity index (χ0v) is 11.9. The molecule has 1 aromatic rings. The molecule has 0 unspecified atom stereocenters. The highest BCUT2D eigenvalue weighted by Crippen LogP contribution is 2.23. The Labute approximate surface area is 117 Å².